The minimum Gasteiger partial charge on any atom is -0.480 e. The Balaban J connectivity index is 2.70. The van der Waals surface area contributed by atoms with Gasteiger partial charge in [-0.1, -0.05) is 6.07 Å². The van der Waals surface area contributed by atoms with Crippen LogP contribution >= 0.6 is 0 Å². The van der Waals surface area contributed by atoms with Crippen molar-refractivity contribution in [2.75, 3.05) is 0 Å². The van der Waals surface area contributed by atoms with E-state index in [0.717, 1.165) is 12.1 Å². The summed E-state index contributed by atoms with van der Waals surface area (Å²) in [5, 5.41) is 19.9. The van der Waals surface area contributed by atoms with Gasteiger partial charge in [0.25, 0.3) is 0 Å². The summed E-state index contributed by atoms with van der Waals surface area (Å²) in [6, 6.07) is 3.43. The molecule has 1 rings (SSSR count). The minimum atomic E-state index is -1.27. The Morgan fingerprint density at radius 1 is 1.43 bits per heavy atom. The minimum absolute atomic E-state index is 0.0358. The summed E-state index contributed by atoms with van der Waals surface area (Å²) in [7, 11) is 0. The molecule has 0 spiro atoms. The molecule has 2 atom stereocenters. The molecule has 0 saturated heterocycles. The van der Waals surface area contributed by atoms with E-state index in [1.54, 1.807) is 0 Å². The lowest BCUT2D eigenvalue weighted by atomic mass is 10.0. The van der Waals surface area contributed by atoms with E-state index in [4.69, 9.17) is 10.4 Å². The highest BCUT2D eigenvalue weighted by Crippen LogP contribution is 2.11. The van der Waals surface area contributed by atoms with Gasteiger partial charge in [0.2, 0.25) is 5.91 Å². The van der Waals surface area contributed by atoms with Crippen molar-refractivity contribution < 1.29 is 23.5 Å². The second kappa shape index (κ2) is 7.33. The Morgan fingerprint density at radius 3 is 2.62 bits per heavy atom. The van der Waals surface area contributed by atoms with E-state index in [2.05, 4.69) is 5.32 Å². The molecule has 5 nitrogen and oxygen atoms in total. The number of nitrogens with one attached hydrogen (secondary N) is 1. The van der Waals surface area contributed by atoms with Crippen molar-refractivity contribution in [3.63, 3.8) is 0 Å². The molecule has 1 aromatic carbocycles. The number of benzene rings is 1. The maximum atomic E-state index is 13.4. The van der Waals surface area contributed by atoms with Gasteiger partial charge in [0.1, 0.15) is 17.7 Å². The van der Waals surface area contributed by atoms with Crippen molar-refractivity contribution in [2.24, 2.45) is 5.92 Å². The van der Waals surface area contributed by atoms with Gasteiger partial charge in [-0.3, -0.25) is 4.79 Å². The van der Waals surface area contributed by atoms with Crippen LogP contribution in [0.25, 0.3) is 0 Å². The number of hydrogen-bond donors (Lipinski definition) is 2. The van der Waals surface area contributed by atoms with Crippen molar-refractivity contribution in [3.8, 4) is 6.07 Å². The van der Waals surface area contributed by atoms with Gasteiger partial charge in [-0.2, -0.15) is 5.26 Å². The molecule has 2 N–H and O–H groups in total. The number of hydrogen-bond acceptors (Lipinski definition) is 3. The molecule has 0 aromatic heterocycles. The fourth-order valence-electron chi connectivity index (χ4n) is 1.71. The first-order chi connectivity index (χ1) is 9.83. The van der Waals surface area contributed by atoms with E-state index < -0.39 is 41.9 Å². The Hall–Kier alpha value is -2.49. The lowest BCUT2D eigenvalue weighted by molar-refractivity contribution is -0.142. The first kappa shape index (κ1) is 16.6. The zero-order valence-electron chi connectivity index (χ0n) is 11.3. The number of nitriles is 1. The topological polar surface area (TPSA) is 90.2 Å². The van der Waals surface area contributed by atoms with E-state index >= 15 is 0 Å². The summed E-state index contributed by atoms with van der Waals surface area (Å²) in [4.78, 5) is 22.7. The molecule has 0 heterocycles. The number of nitrogens with zero attached hydrogens (tertiary/aromatic N) is 1. The molecule has 0 radical (unpaired) electrons. The number of carboxylic acids is 1. The molecule has 0 unspecified atom stereocenters. The summed E-state index contributed by atoms with van der Waals surface area (Å²) in [6.07, 6.45) is -0.458. The van der Waals surface area contributed by atoms with E-state index in [1.807, 2.05) is 6.07 Å². The first-order valence-electron chi connectivity index (χ1n) is 6.19. The van der Waals surface area contributed by atoms with E-state index in [-0.39, 0.29) is 12.0 Å². The average Bonchev–Trinajstić information content (AvgIpc) is 2.40. The number of aliphatic carboxylic acids is 1. The predicted octanol–water partition coefficient (Wildman–Crippen LogP) is 1.63. The van der Waals surface area contributed by atoms with Gasteiger partial charge in [-0.15, -0.1) is 0 Å². The van der Waals surface area contributed by atoms with Crippen LogP contribution in [0.5, 0.6) is 0 Å². The highest BCUT2D eigenvalue weighted by Gasteiger charge is 2.22. The van der Waals surface area contributed by atoms with E-state index in [9.17, 15) is 18.4 Å². The van der Waals surface area contributed by atoms with Crippen LogP contribution in [0.4, 0.5) is 8.78 Å². The van der Waals surface area contributed by atoms with Crippen LogP contribution in [0, 0.1) is 28.9 Å². The second-order valence-electron chi connectivity index (χ2n) is 4.64. The van der Waals surface area contributed by atoms with E-state index in [1.165, 1.54) is 6.92 Å². The molecular weight excluding hydrogens is 282 g/mol. The number of carbonyl (C=O) groups excluding carboxylic acids is 1. The fraction of sp³-hybridized carbons (Fsp3) is 0.357. The fourth-order valence-corrected chi connectivity index (χ4v) is 1.71. The Labute approximate surface area is 120 Å². The maximum absolute atomic E-state index is 13.4. The lowest BCUT2D eigenvalue weighted by Gasteiger charge is -2.15. The molecule has 7 heteroatoms. The molecule has 0 fully saturated rings. The number of carbonyl (C=O) groups is 2. The van der Waals surface area contributed by atoms with Crippen molar-refractivity contribution in [3.05, 3.63) is 35.4 Å². The van der Waals surface area contributed by atoms with Gasteiger partial charge in [-0.25, -0.2) is 13.6 Å². The van der Waals surface area contributed by atoms with Crippen LogP contribution in [0.3, 0.4) is 0 Å². The molecule has 112 valence electrons. The third-order valence-electron chi connectivity index (χ3n) is 2.81. The third kappa shape index (κ3) is 5.18. The van der Waals surface area contributed by atoms with Crippen molar-refractivity contribution in [1.29, 1.82) is 5.26 Å². The summed E-state index contributed by atoms with van der Waals surface area (Å²) in [5.41, 5.74) is -0.0358. The lowest BCUT2D eigenvalue weighted by Crippen LogP contribution is -2.42. The molecular formula is C14H14F2N2O3. The summed E-state index contributed by atoms with van der Waals surface area (Å²) < 4.78 is 26.1. The molecule has 0 aliphatic rings. The van der Waals surface area contributed by atoms with Crippen molar-refractivity contribution >= 4 is 11.9 Å². The largest absolute Gasteiger partial charge is 0.480 e. The van der Waals surface area contributed by atoms with Gasteiger partial charge in [0.15, 0.2) is 0 Å². The zero-order chi connectivity index (χ0) is 16.0. The smallest absolute Gasteiger partial charge is 0.326 e. The highest BCUT2D eigenvalue weighted by molar-refractivity contribution is 5.84. The molecule has 0 aliphatic heterocycles. The van der Waals surface area contributed by atoms with Crippen molar-refractivity contribution in [1.82, 2.24) is 5.32 Å². The molecule has 1 amide bonds. The zero-order valence-corrected chi connectivity index (χ0v) is 11.3. The quantitative estimate of drug-likeness (QED) is 0.834. The van der Waals surface area contributed by atoms with E-state index in [0.29, 0.717) is 6.07 Å². The third-order valence-corrected chi connectivity index (χ3v) is 2.81. The number of halogens is 2. The van der Waals surface area contributed by atoms with Gasteiger partial charge in [0.05, 0.1) is 12.5 Å². The van der Waals surface area contributed by atoms with Crippen LogP contribution < -0.4 is 5.32 Å². The van der Waals surface area contributed by atoms with Gasteiger partial charge >= 0.3 is 5.97 Å². The highest BCUT2D eigenvalue weighted by atomic mass is 19.1. The molecule has 21 heavy (non-hydrogen) atoms. The van der Waals surface area contributed by atoms with Gasteiger partial charge < -0.3 is 10.4 Å². The van der Waals surface area contributed by atoms with Crippen molar-refractivity contribution in [2.45, 2.75) is 25.8 Å². The summed E-state index contributed by atoms with van der Waals surface area (Å²) in [6.45, 7) is 1.53. The molecule has 0 saturated carbocycles. The second-order valence-corrected chi connectivity index (χ2v) is 4.64. The normalized spacial score (nSPS) is 13.0. The Bertz CT molecular complexity index is 584. The van der Waals surface area contributed by atoms with Crippen LogP contribution in [-0.4, -0.2) is 23.0 Å². The average molecular weight is 296 g/mol. The molecule has 0 bridgehead atoms. The number of carboxylic acid groups (broad SMARTS) is 1. The number of amides is 1. The SMILES string of the molecule is C[C@H](C#N)C[C@H](NC(=O)Cc1ccc(F)cc1F)C(=O)O. The standard InChI is InChI=1S/C14H14F2N2O3/c1-8(7-17)4-12(14(20)21)18-13(19)5-9-2-3-10(15)6-11(9)16/h2-3,6,8,12H,4-5H2,1H3,(H,18,19)(H,20,21)/t8-,12-/m0/s1. The summed E-state index contributed by atoms with van der Waals surface area (Å²) in [5.74, 6) is -4.16. The van der Waals surface area contributed by atoms with Crippen LogP contribution in [-0.2, 0) is 16.0 Å². The molecule has 1 aromatic rings. The summed E-state index contributed by atoms with van der Waals surface area (Å²) >= 11 is 0. The Morgan fingerprint density at radius 2 is 2.10 bits per heavy atom. The Kier molecular flexibility index (Phi) is 5.79. The predicted molar refractivity (Wildman–Crippen MR) is 69.0 cm³/mol. The first-order valence-corrected chi connectivity index (χ1v) is 6.19. The molecule has 0 aliphatic carbocycles. The van der Waals surface area contributed by atoms with Gasteiger partial charge in [-0.05, 0) is 25.0 Å². The van der Waals surface area contributed by atoms with Crippen LogP contribution in [0.2, 0.25) is 0 Å². The number of rotatable bonds is 6. The van der Waals surface area contributed by atoms with Crippen LogP contribution in [0.1, 0.15) is 18.9 Å². The van der Waals surface area contributed by atoms with Crippen LogP contribution in [0.15, 0.2) is 18.2 Å². The van der Waals surface area contributed by atoms with Gasteiger partial charge in [0, 0.05) is 12.0 Å². The maximum Gasteiger partial charge on any atom is 0.326 e. The monoisotopic (exact) mass is 296 g/mol.